The summed E-state index contributed by atoms with van der Waals surface area (Å²) in [6, 6.07) is 3.86. The number of benzene rings is 1. The lowest BCUT2D eigenvalue weighted by Crippen LogP contribution is -2.48. The van der Waals surface area contributed by atoms with Crippen molar-refractivity contribution < 1.29 is 23.6 Å². The second-order valence-electron chi connectivity index (χ2n) is 11.0. The summed E-state index contributed by atoms with van der Waals surface area (Å²) in [5.41, 5.74) is 0.249. The molecule has 1 aromatic carbocycles. The summed E-state index contributed by atoms with van der Waals surface area (Å²) in [6.07, 6.45) is 6.59. The minimum absolute atomic E-state index is 0.165. The van der Waals surface area contributed by atoms with Gasteiger partial charge in [-0.1, -0.05) is 0 Å². The average molecular weight is 648 g/mol. The fourth-order valence-electron chi connectivity index (χ4n) is 6.02. The highest BCUT2D eigenvalue weighted by molar-refractivity contribution is 9.10. The zero-order valence-electron chi connectivity index (χ0n) is 23.6. The maximum atomic E-state index is 14.1. The molecular weight excluding hydrogens is 615 g/mol. The van der Waals surface area contributed by atoms with Crippen molar-refractivity contribution in [2.45, 2.75) is 31.2 Å². The summed E-state index contributed by atoms with van der Waals surface area (Å²) in [6.45, 7) is 2.37. The zero-order valence-corrected chi connectivity index (χ0v) is 25.1. The predicted molar refractivity (Wildman–Crippen MR) is 156 cm³/mol. The molecular formula is C28H32BrFN6O6. The van der Waals surface area contributed by atoms with Crippen LogP contribution in [0.3, 0.4) is 0 Å². The van der Waals surface area contributed by atoms with Gasteiger partial charge in [-0.2, -0.15) is 5.10 Å². The van der Waals surface area contributed by atoms with Crippen LogP contribution in [0, 0.1) is 21.8 Å². The summed E-state index contributed by atoms with van der Waals surface area (Å²) in [7, 11) is 4.55. The number of carbonyl (C=O) groups excluding carboxylic acids is 1. The number of hydrogen-bond acceptors (Lipinski definition) is 9. The molecule has 3 aliphatic rings. The third-order valence-corrected chi connectivity index (χ3v) is 8.77. The van der Waals surface area contributed by atoms with Crippen LogP contribution in [-0.2, 0) is 18.8 Å². The van der Waals surface area contributed by atoms with E-state index >= 15 is 0 Å². The number of aromatic nitrogens is 3. The fourth-order valence-corrected chi connectivity index (χ4v) is 6.37. The van der Waals surface area contributed by atoms with Crippen molar-refractivity contribution in [3.8, 4) is 17.0 Å². The normalized spacial score (nSPS) is 20.3. The molecule has 1 aliphatic carbocycles. The van der Waals surface area contributed by atoms with Gasteiger partial charge in [0.05, 0.1) is 51.0 Å². The van der Waals surface area contributed by atoms with Gasteiger partial charge in [0.15, 0.2) is 0 Å². The van der Waals surface area contributed by atoms with Gasteiger partial charge in [0.2, 0.25) is 5.88 Å². The molecule has 3 aromatic rings. The fraction of sp³-hybridized carbons (Fsp3) is 0.464. The Labute approximate surface area is 249 Å². The second kappa shape index (κ2) is 11.8. The summed E-state index contributed by atoms with van der Waals surface area (Å²) in [5, 5.41) is 19.4. The van der Waals surface area contributed by atoms with E-state index in [4.69, 9.17) is 9.47 Å². The van der Waals surface area contributed by atoms with Crippen LogP contribution in [0.15, 0.2) is 39.9 Å². The number of pyridine rings is 1. The number of nitrogens with one attached hydrogen (secondary N) is 1. The lowest BCUT2D eigenvalue weighted by Gasteiger charge is -2.39. The van der Waals surface area contributed by atoms with E-state index in [2.05, 4.69) is 31.2 Å². The average Bonchev–Trinajstić information content (AvgIpc) is 3.12. The molecule has 2 saturated heterocycles. The number of esters is 1. The van der Waals surface area contributed by atoms with Crippen LogP contribution >= 0.6 is 15.9 Å². The SMILES string of the molecule is COC(=O)c1cc(-c2cnn(C)c2OCCN2CC3CCC(Nc4cc(Br)c(F)cc4[N+](=O)[O-])(CC3)C2)c(=O)n(C)c1. The van der Waals surface area contributed by atoms with Gasteiger partial charge in [0.25, 0.3) is 11.2 Å². The number of methoxy groups -OCH3 is 1. The van der Waals surface area contributed by atoms with Crippen molar-refractivity contribution in [2.24, 2.45) is 20.0 Å². The molecule has 2 aliphatic heterocycles. The highest BCUT2D eigenvalue weighted by Gasteiger charge is 2.42. The monoisotopic (exact) mass is 646 g/mol. The van der Waals surface area contributed by atoms with Crippen LogP contribution in [0.1, 0.15) is 36.0 Å². The van der Waals surface area contributed by atoms with Gasteiger partial charge in [-0.3, -0.25) is 19.8 Å². The topological polar surface area (TPSA) is 134 Å². The molecule has 0 radical (unpaired) electrons. The predicted octanol–water partition coefficient (Wildman–Crippen LogP) is 4.12. The number of aryl methyl sites for hydroxylation is 2. The Morgan fingerprint density at radius 3 is 2.69 bits per heavy atom. The van der Waals surface area contributed by atoms with Gasteiger partial charge in [-0.05, 0) is 59.7 Å². The van der Waals surface area contributed by atoms with Crippen LogP contribution < -0.4 is 15.6 Å². The molecule has 14 heteroatoms. The molecule has 4 heterocycles. The van der Waals surface area contributed by atoms with E-state index in [1.807, 2.05) is 0 Å². The number of nitro groups is 1. The van der Waals surface area contributed by atoms with Crippen LogP contribution in [0.5, 0.6) is 5.88 Å². The van der Waals surface area contributed by atoms with Crippen LogP contribution in [0.4, 0.5) is 15.8 Å². The van der Waals surface area contributed by atoms with E-state index in [9.17, 15) is 24.1 Å². The summed E-state index contributed by atoms with van der Waals surface area (Å²) in [4.78, 5) is 38.5. The third-order valence-electron chi connectivity index (χ3n) is 8.17. The van der Waals surface area contributed by atoms with Crippen molar-refractivity contribution in [1.29, 1.82) is 0 Å². The number of hydrogen-bond donors (Lipinski definition) is 1. The maximum Gasteiger partial charge on any atom is 0.339 e. The number of carbonyl (C=O) groups is 1. The number of nitro benzene ring substituents is 1. The Hall–Kier alpha value is -3.78. The molecule has 0 atom stereocenters. The van der Waals surface area contributed by atoms with Gasteiger partial charge in [-0.25, -0.2) is 13.9 Å². The Balaban J connectivity index is 1.33. The van der Waals surface area contributed by atoms with Crippen LogP contribution in [-0.4, -0.2) is 69.0 Å². The molecule has 1 saturated carbocycles. The molecule has 2 aromatic heterocycles. The van der Waals surface area contributed by atoms with E-state index in [-0.39, 0.29) is 26.8 Å². The quantitative estimate of drug-likeness (QED) is 0.207. The zero-order chi connectivity index (χ0) is 30.2. The van der Waals surface area contributed by atoms with E-state index in [1.54, 1.807) is 18.8 Å². The number of ether oxygens (including phenoxy) is 2. The van der Waals surface area contributed by atoms with Crippen molar-refractivity contribution in [2.75, 3.05) is 38.7 Å². The molecule has 0 spiro atoms. The smallest absolute Gasteiger partial charge is 0.339 e. The Kier molecular flexibility index (Phi) is 8.37. The first-order valence-corrected chi connectivity index (χ1v) is 14.4. The van der Waals surface area contributed by atoms with Crippen LogP contribution in [0.25, 0.3) is 11.1 Å². The first kappa shape index (κ1) is 29.7. The molecule has 0 amide bonds. The van der Waals surface area contributed by atoms with Gasteiger partial charge >= 0.3 is 5.97 Å². The summed E-state index contributed by atoms with van der Waals surface area (Å²) < 4.78 is 28.1. The summed E-state index contributed by atoms with van der Waals surface area (Å²) >= 11 is 3.16. The first-order chi connectivity index (χ1) is 20.0. The van der Waals surface area contributed by atoms with Gasteiger partial charge in [0, 0.05) is 39.9 Å². The minimum atomic E-state index is -0.683. The van der Waals surface area contributed by atoms with E-state index < -0.39 is 22.2 Å². The second-order valence-corrected chi connectivity index (χ2v) is 11.9. The Bertz CT molecular complexity index is 1580. The minimum Gasteiger partial charge on any atom is -0.476 e. The molecule has 12 nitrogen and oxygen atoms in total. The Morgan fingerprint density at radius 2 is 2.00 bits per heavy atom. The number of halogens is 2. The standard InChI is InChI=1S/C28H32BrFN6O6/c1-33-15-18(27(38)41-3)10-19(25(33)37)20-13-31-34(2)26(20)42-9-8-35-14-17-4-6-28(16-35,7-5-17)32-23-11-21(29)22(30)12-24(23)36(39)40/h10-13,15,17,32H,4-9,14,16H2,1-3H3. The highest BCUT2D eigenvalue weighted by Crippen LogP contribution is 2.42. The molecule has 6 rings (SSSR count). The molecule has 0 unspecified atom stereocenters. The number of nitrogens with zero attached hydrogens (tertiary/aromatic N) is 5. The van der Waals surface area contributed by atoms with Crippen molar-refractivity contribution in [3.63, 3.8) is 0 Å². The molecule has 224 valence electrons. The third kappa shape index (κ3) is 5.91. The molecule has 1 N–H and O–H groups in total. The van der Waals surface area contributed by atoms with E-state index in [0.717, 1.165) is 38.3 Å². The summed E-state index contributed by atoms with van der Waals surface area (Å²) in [5.74, 6) is -0.354. The van der Waals surface area contributed by atoms with Gasteiger partial charge < -0.3 is 19.4 Å². The van der Waals surface area contributed by atoms with Gasteiger partial charge in [-0.15, -0.1) is 0 Å². The van der Waals surface area contributed by atoms with Gasteiger partial charge in [0.1, 0.15) is 18.1 Å². The number of fused-ring (bicyclic) bond motifs is 4. The number of anilines is 1. The highest BCUT2D eigenvalue weighted by atomic mass is 79.9. The molecule has 3 fully saturated rings. The van der Waals surface area contributed by atoms with Crippen LogP contribution in [0.2, 0.25) is 0 Å². The lowest BCUT2D eigenvalue weighted by atomic mass is 9.78. The van der Waals surface area contributed by atoms with E-state index in [0.29, 0.717) is 42.7 Å². The maximum absolute atomic E-state index is 14.1. The molecule has 2 bridgehead atoms. The number of rotatable bonds is 9. The largest absolute Gasteiger partial charge is 0.476 e. The van der Waals surface area contributed by atoms with E-state index in [1.165, 1.54) is 36.2 Å². The van der Waals surface area contributed by atoms with Crippen molar-refractivity contribution >= 4 is 33.3 Å². The van der Waals surface area contributed by atoms with Crippen molar-refractivity contribution in [3.05, 3.63) is 66.9 Å². The Morgan fingerprint density at radius 1 is 1.26 bits per heavy atom. The lowest BCUT2D eigenvalue weighted by molar-refractivity contribution is -0.384. The van der Waals surface area contributed by atoms with Crippen molar-refractivity contribution in [1.82, 2.24) is 19.2 Å². The molecule has 42 heavy (non-hydrogen) atoms. The first-order valence-electron chi connectivity index (χ1n) is 13.6.